The molecule has 156 valence electrons. The van der Waals surface area contributed by atoms with Crippen LogP contribution in [0.3, 0.4) is 0 Å². The number of benzene rings is 1. The van der Waals surface area contributed by atoms with Crippen LogP contribution < -0.4 is 5.32 Å². The van der Waals surface area contributed by atoms with Crippen LogP contribution in [-0.2, 0) is 34.3 Å². The van der Waals surface area contributed by atoms with Gasteiger partial charge >= 0.3 is 0 Å². The predicted molar refractivity (Wildman–Crippen MR) is 107 cm³/mol. The molecule has 1 aliphatic heterocycles. The molecule has 8 heteroatoms. The Hall–Kier alpha value is -2.71. The minimum atomic E-state index is -0.666. The van der Waals surface area contributed by atoms with Gasteiger partial charge in [0.25, 0.3) is 11.8 Å². The van der Waals surface area contributed by atoms with Gasteiger partial charge in [0.2, 0.25) is 0 Å². The third-order valence-electron chi connectivity index (χ3n) is 5.14. The van der Waals surface area contributed by atoms with Gasteiger partial charge in [-0.1, -0.05) is 30.3 Å². The molecule has 2 heterocycles. The van der Waals surface area contributed by atoms with Gasteiger partial charge in [0.1, 0.15) is 0 Å². The van der Waals surface area contributed by atoms with Crippen molar-refractivity contribution >= 4 is 11.8 Å². The Labute approximate surface area is 170 Å². The molecule has 1 aromatic heterocycles. The summed E-state index contributed by atoms with van der Waals surface area (Å²) in [6, 6.07) is 9.43. The quantitative estimate of drug-likeness (QED) is 0.678. The summed E-state index contributed by atoms with van der Waals surface area (Å²) >= 11 is 0. The number of carbonyl (C=O) groups excluding carboxylic acids is 2. The number of rotatable bonds is 8. The Morgan fingerprint density at radius 3 is 2.69 bits per heavy atom. The second kappa shape index (κ2) is 9.67. The standard InChI is InChI=1S/C21H28N4O4/c1-24-17-10-12-25(21(27)19(29-3)15-8-5-4-6-9-15)14-16(17)18(23-24)20(26)22-11-7-13-28-2/h4-6,8-9,19H,7,10-14H2,1-3H3,(H,22,26)/t19-/m1/s1. The van der Waals surface area contributed by atoms with Gasteiger partial charge in [0, 0.05) is 65.2 Å². The minimum Gasteiger partial charge on any atom is -0.385 e. The third kappa shape index (κ3) is 4.65. The highest BCUT2D eigenvalue weighted by Gasteiger charge is 2.32. The second-order valence-electron chi connectivity index (χ2n) is 7.04. The largest absolute Gasteiger partial charge is 0.385 e. The maximum absolute atomic E-state index is 13.1. The second-order valence-corrected chi connectivity index (χ2v) is 7.04. The molecule has 0 saturated heterocycles. The smallest absolute Gasteiger partial charge is 0.272 e. The van der Waals surface area contributed by atoms with Gasteiger partial charge in [-0.3, -0.25) is 14.3 Å². The zero-order valence-corrected chi connectivity index (χ0v) is 17.2. The van der Waals surface area contributed by atoms with E-state index in [1.54, 1.807) is 16.7 Å². The van der Waals surface area contributed by atoms with Crippen molar-refractivity contribution in [3.8, 4) is 0 Å². The van der Waals surface area contributed by atoms with Crippen molar-refractivity contribution in [2.75, 3.05) is 33.9 Å². The van der Waals surface area contributed by atoms with Crippen molar-refractivity contribution in [2.24, 2.45) is 7.05 Å². The fourth-order valence-corrected chi connectivity index (χ4v) is 3.64. The first-order valence-electron chi connectivity index (χ1n) is 9.75. The van der Waals surface area contributed by atoms with Gasteiger partial charge in [0.05, 0.1) is 0 Å². The molecule has 0 spiro atoms. The number of hydrogen-bond acceptors (Lipinski definition) is 5. The Kier molecular flexibility index (Phi) is 7.00. The Bertz CT molecular complexity index is 850. The van der Waals surface area contributed by atoms with E-state index in [1.165, 1.54) is 7.11 Å². The summed E-state index contributed by atoms with van der Waals surface area (Å²) in [5.74, 6) is -0.335. The van der Waals surface area contributed by atoms with Crippen LogP contribution in [0.25, 0.3) is 0 Å². The van der Waals surface area contributed by atoms with Crippen molar-refractivity contribution in [2.45, 2.75) is 25.5 Å². The van der Waals surface area contributed by atoms with E-state index in [4.69, 9.17) is 9.47 Å². The van der Waals surface area contributed by atoms with E-state index in [0.717, 1.165) is 23.2 Å². The van der Waals surface area contributed by atoms with Crippen molar-refractivity contribution in [1.82, 2.24) is 20.0 Å². The molecule has 0 fully saturated rings. The fraction of sp³-hybridized carbons (Fsp3) is 0.476. The molecule has 1 aliphatic rings. The van der Waals surface area contributed by atoms with Gasteiger partial charge in [-0.2, -0.15) is 5.10 Å². The number of ether oxygens (including phenoxy) is 2. The monoisotopic (exact) mass is 400 g/mol. The summed E-state index contributed by atoms with van der Waals surface area (Å²) in [6.45, 7) is 2.00. The van der Waals surface area contributed by atoms with Crippen LogP contribution >= 0.6 is 0 Å². The lowest BCUT2D eigenvalue weighted by molar-refractivity contribution is -0.143. The molecule has 2 amide bonds. The number of aryl methyl sites for hydroxylation is 1. The lowest BCUT2D eigenvalue weighted by Gasteiger charge is -2.30. The van der Waals surface area contributed by atoms with E-state index in [2.05, 4.69) is 10.4 Å². The number of nitrogens with one attached hydrogen (secondary N) is 1. The minimum absolute atomic E-state index is 0.111. The Balaban J connectivity index is 1.75. The molecule has 8 nitrogen and oxygen atoms in total. The van der Waals surface area contributed by atoms with Gasteiger partial charge in [-0.05, 0) is 12.0 Å². The number of hydrogen-bond donors (Lipinski definition) is 1. The lowest BCUT2D eigenvalue weighted by atomic mass is 10.0. The third-order valence-corrected chi connectivity index (χ3v) is 5.14. The first-order chi connectivity index (χ1) is 14.1. The molecule has 0 unspecified atom stereocenters. The van der Waals surface area contributed by atoms with Crippen molar-refractivity contribution < 1.29 is 19.1 Å². The first kappa shape index (κ1) is 21.0. The molecule has 0 aliphatic carbocycles. The first-order valence-corrected chi connectivity index (χ1v) is 9.75. The van der Waals surface area contributed by atoms with Gasteiger partial charge < -0.3 is 19.7 Å². The van der Waals surface area contributed by atoms with Crippen molar-refractivity contribution in [3.63, 3.8) is 0 Å². The van der Waals surface area contributed by atoms with Gasteiger partial charge in [0.15, 0.2) is 11.8 Å². The van der Waals surface area contributed by atoms with E-state index in [1.807, 2.05) is 37.4 Å². The van der Waals surface area contributed by atoms with Crippen molar-refractivity contribution in [3.05, 3.63) is 52.8 Å². The average Bonchev–Trinajstić information content (AvgIpc) is 3.08. The van der Waals surface area contributed by atoms with E-state index in [0.29, 0.717) is 38.4 Å². The number of carbonyl (C=O) groups is 2. The Morgan fingerprint density at radius 1 is 1.24 bits per heavy atom. The van der Waals surface area contributed by atoms with E-state index in [9.17, 15) is 9.59 Å². The summed E-state index contributed by atoms with van der Waals surface area (Å²) in [6.07, 6.45) is 0.710. The number of fused-ring (bicyclic) bond motifs is 1. The van der Waals surface area contributed by atoms with Crippen LogP contribution in [-0.4, -0.2) is 60.4 Å². The zero-order chi connectivity index (χ0) is 20.8. The average molecular weight is 400 g/mol. The molecule has 1 N–H and O–H groups in total. The predicted octanol–water partition coefficient (Wildman–Crippen LogP) is 1.46. The van der Waals surface area contributed by atoms with Gasteiger partial charge in [-0.25, -0.2) is 0 Å². The van der Waals surface area contributed by atoms with E-state index in [-0.39, 0.29) is 11.8 Å². The SMILES string of the molecule is COCCCNC(=O)c1nn(C)c2c1CN(C(=O)[C@H](OC)c1ccccc1)CC2. The summed E-state index contributed by atoms with van der Waals surface area (Å²) in [7, 11) is 5.00. The highest BCUT2D eigenvalue weighted by atomic mass is 16.5. The fourth-order valence-electron chi connectivity index (χ4n) is 3.64. The van der Waals surface area contributed by atoms with Crippen LogP contribution in [0.5, 0.6) is 0 Å². The van der Waals surface area contributed by atoms with Gasteiger partial charge in [-0.15, -0.1) is 0 Å². The number of amides is 2. The van der Waals surface area contributed by atoms with Crippen LogP contribution in [0, 0.1) is 0 Å². The summed E-state index contributed by atoms with van der Waals surface area (Å²) in [5.41, 5.74) is 2.99. The molecule has 29 heavy (non-hydrogen) atoms. The summed E-state index contributed by atoms with van der Waals surface area (Å²) in [5, 5.41) is 7.29. The summed E-state index contributed by atoms with van der Waals surface area (Å²) < 4.78 is 12.2. The molecular weight excluding hydrogens is 372 g/mol. The molecular formula is C21H28N4O4. The number of nitrogens with zero attached hydrogens (tertiary/aromatic N) is 3. The molecule has 1 aromatic carbocycles. The van der Waals surface area contributed by atoms with Crippen LogP contribution in [0.15, 0.2) is 30.3 Å². The van der Waals surface area contributed by atoms with E-state index >= 15 is 0 Å². The van der Waals surface area contributed by atoms with Crippen LogP contribution in [0.2, 0.25) is 0 Å². The lowest BCUT2D eigenvalue weighted by Crippen LogP contribution is -2.40. The zero-order valence-electron chi connectivity index (χ0n) is 17.2. The van der Waals surface area contributed by atoms with E-state index < -0.39 is 6.10 Å². The molecule has 3 rings (SSSR count). The maximum atomic E-state index is 13.1. The highest BCUT2D eigenvalue weighted by molar-refractivity contribution is 5.94. The molecule has 0 saturated carbocycles. The molecule has 2 aromatic rings. The summed E-state index contributed by atoms with van der Waals surface area (Å²) in [4.78, 5) is 27.5. The molecule has 0 radical (unpaired) electrons. The number of methoxy groups -OCH3 is 2. The normalized spacial score (nSPS) is 14.4. The molecule has 1 atom stereocenters. The topological polar surface area (TPSA) is 85.7 Å². The number of aromatic nitrogens is 2. The van der Waals surface area contributed by atoms with Crippen LogP contribution in [0.1, 0.15) is 39.8 Å². The van der Waals surface area contributed by atoms with Crippen LogP contribution in [0.4, 0.5) is 0 Å². The Morgan fingerprint density at radius 2 is 2.00 bits per heavy atom. The highest BCUT2D eigenvalue weighted by Crippen LogP contribution is 2.26. The molecule has 0 bridgehead atoms. The van der Waals surface area contributed by atoms with Crippen molar-refractivity contribution in [1.29, 1.82) is 0 Å². The maximum Gasteiger partial charge on any atom is 0.272 e.